The van der Waals surface area contributed by atoms with E-state index in [0.717, 1.165) is 12.0 Å². The molecule has 1 atom stereocenters. The topological polar surface area (TPSA) is 124 Å². The number of likely N-dealkylation sites (tertiary alicyclic amines) is 1. The molecule has 196 valence electrons. The van der Waals surface area contributed by atoms with Crippen LogP contribution in [-0.2, 0) is 11.2 Å². The van der Waals surface area contributed by atoms with E-state index in [0.29, 0.717) is 73.8 Å². The molecule has 8 nitrogen and oxygen atoms in total. The molecule has 3 aromatic rings. The van der Waals surface area contributed by atoms with Crippen molar-refractivity contribution in [3.05, 3.63) is 83.2 Å². The molecule has 0 radical (unpaired) electrons. The van der Waals surface area contributed by atoms with Gasteiger partial charge in [-0.05, 0) is 54.7 Å². The molecule has 1 aliphatic heterocycles. The molecular weight excluding hydrogens is 483 g/mol. The minimum Gasteiger partial charge on any atom is -0.369 e. The summed E-state index contributed by atoms with van der Waals surface area (Å²) < 4.78 is 13.6. The molecule has 2 amide bonds. The van der Waals surface area contributed by atoms with Crippen molar-refractivity contribution in [2.45, 2.75) is 19.3 Å². The molecule has 4 rings (SSSR count). The standard InChI is InChI=1S/C29H31FN6O2/c30-23-6-3-4-20(16-23)11-14-33-28-25(8-9-26(35-28)24-7-2-1-5-22(24)17-32)29(38)34-18-21-12-15-36(19-21)27(37)10-13-31/h1-9,16,21H,10-15,18-19,31H2,(H,33,35)(H,34,38). The quantitative estimate of drug-likeness (QED) is 0.381. The van der Waals surface area contributed by atoms with Crippen LogP contribution < -0.4 is 16.4 Å². The summed E-state index contributed by atoms with van der Waals surface area (Å²) in [6, 6.07) is 19.1. The van der Waals surface area contributed by atoms with Crippen LogP contribution in [0.1, 0.15) is 34.3 Å². The number of hydrogen-bond acceptors (Lipinski definition) is 6. The number of aromatic nitrogens is 1. The Labute approximate surface area is 221 Å². The Morgan fingerprint density at radius 2 is 2.00 bits per heavy atom. The van der Waals surface area contributed by atoms with Gasteiger partial charge in [0.05, 0.1) is 22.9 Å². The molecular formula is C29H31FN6O2. The lowest BCUT2D eigenvalue weighted by Crippen LogP contribution is -2.34. The molecule has 0 aliphatic carbocycles. The van der Waals surface area contributed by atoms with Gasteiger partial charge in [0.15, 0.2) is 0 Å². The average Bonchev–Trinajstić information content (AvgIpc) is 3.41. The predicted octanol–water partition coefficient (Wildman–Crippen LogP) is 3.34. The van der Waals surface area contributed by atoms with Crippen molar-refractivity contribution in [3.8, 4) is 17.3 Å². The number of halogens is 1. The number of nitriles is 1. The summed E-state index contributed by atoms with van der Waals surface area (Å²) in [5.74, 6) is 0.0160. The van der Waals surface area contributed by atoms with E-state index in [1.165, 1.54) is 12.1 Å². The first kappa shape index (κ1) is 26.8. The Morgan fingerprint density at radius 3 is 2.79 bits per heavy atom. The zero-order valence-corrected chi connectivity index (χ0v) is 21.1. The summed E-state index contributed by atoms with van der Waals surface area (Å²) in [6.07, 6.45) is 1.68. The van der Waals surface area contributed by atoms with Crippen molar-refractivity contribution in [1.82, 2.24) is 15.2 Å². The van der Waals surface area contributed by atoms with Gasteiger partial charge in [0.2, 0.25) is 5.91 Å². The van der Waals surface area contributed by atoms with Crippen LogP contribution in [0.2, 0.25) is 0 Å². The van der Waals surface area contributed by atoms with E-state index in [1.807, 2.05) is 18.2 Å². The molecule has 1 saturated heterocycles. The lowest BCUT2D eigenvalue weighted by molar-refractivity contribution is -0.130. The van der Waals surface area contributed by atoms with Gasteiger partial charge in [0.25, 0.3) is 5.91 Å². The van der Waals surface area contributed by atoms with Crippen LogP contribution in [0.5, 0.6) is 0 Å². The minimum absolute atomic E-state index is 0.0450. The summed E-state index contributed by atoms with van der Waals surface area (Å²) in [4.78, 5) is 31.8. The van der Waals surface area contributed by atoms with Crippen molar-refractivity contribution >= 4 is 17.6 Å². The van der Waals surface area contributed by atoms with Gasteiger partial charge < -0.3 is 21.3 Å². The number of rotatable bonds is 10. The van der Waals surface area contributed by atoms with Crippen LogP contribution in [0.4, 0.5) is 10.2 Å². The number of nitrogens with one attached hydrogen (secondary N) is 2. The third-order valence-corrected chi connectivity index (χ3v) is 6.61. The molecule has 0 spiro atoms. The van der Waals surface area contributed by atoms with E-state index in [9.17, 15) is 19.2 Å². The Hall–Kier alpha value is -4.29. The van der Waals surface area contributed by atoms with E-state index in [2.05, 4.69) is 16.7 Å². The zero-order chi connectivity index (χ0) is 26.9. The van der Waals surface area contributed by atoms with Gasteiger partial charge in [-0.1, -0.05) is 30.3 Å². The zero-order valence-electron chi connectivity index (χ0n) is 21.1. The third kappa shape index (κ3) is 6.72. The minimum atomic E-state index is -0.300. The maximum Gasteiger partial charge on any atom is 0.255 e. The van der Waals surface area contributed by atoms with Crippen molar-refractivity contribution in [1.29, 1.82) is 5.26 Å². The number of nitrogens with two attached hydrogens (primary N) is 1. The lowest BCUT2D eigenvalue weighted by atomic mass is 10.0. The van der Waals surface area contributed by atoms with E-state index in [4.69, 9.17) is 10.7 Å². The fraction of sp³-hybridized carbons (Fsp3) is 0.310. The first-order valence-electron chi connectivity index (χ1n) is 12.7. The molecule has 0 saturated carbocycles. The lowest BCUT2D eigenvalue weighted by Gasteiger charge is -2.17. The monoisotopic (exact) mass is 514 g/mol. The average molecular weight is 515 g/mol. The van der Waals surface area contributed by atoms with Gasteiger partial charge >= 0.3 is 0 Å². The SMILES string of the molecule is N#Cc1ccccc1-c1ccc(C(=O)NCC2CCN(C(=O)CCN)C2)c(NCCc2cccc(F)c2)n1. The molecule has 0 bridgehead atoms. The second kappa shape index (κ2) is 12.8. The number of anilines is 1. The third-order valence-electron chi connectivity index (χ3n) is 6.61. The fourth-order valence-corrected chi connectivity index (χ4v) is 4.59. The van der Waals surface area contributed by atoms with E-state index < -0.39 is 0 Å². The Kier molecular flexibility index (Phi) is 9.01. The van der Waals surface area contributed by atoms with Gasteiger partial charge in [0.1, 0.15) is 11.6 Å². The van der Waals surface area contributed by atoms with Crippen LogP contribution in [0.3, 0.4) is 0 Å². The summed E-state index contributed by atoms with van der Waals surface area (Å²) in [5.41, 5.74) is 8.41. The first-order chi connectivity index (χ1) is 18.5. The van der Waals surface area contributed by atoms with Crippen molar-refractivity contribution in [3.63, 3.8) is 0 Å². The number of amides is 2. The number of hydrogen-bond donors (Lipinski definition) is 3. The summed E-state index contributed by atoms with van der Waals surface area (Å²) in [5, 5.41) is 15.7. The highest BCUT2D eigenvalue weighted by atomic mass is 19.1. The number of benzene rings is 2. The Balaban J connectivity index is 1.49. The Bertz CT molecular complexity index is 1340. The highest BCUT2D eigenvalue weighted by Gasteiger charge is 2.26. The molecule has 1 unspecified atom stereocenters. The fourth-order valence-electron chi connectivity index (χ4n) is 4.59. The summed E-state index contributed by atoms with van der Waals surface area (Å²) in [7, 11) is 0. The van der Waals surface area contributed by atoms with Crippen molar-refractivity contribution in [2.75, 3.05) is 38.0 Å². The molecule has 38 heavy (non-hydrogen) atoms. The van der Waals surface area contributed by atoms with Crippen LogP contribution in [0, 0.1) is 23.1 Å². The van der Waals surface area contributed by atoms with Crippen LogP contribution in [0.15, 0.2) is 60.7 Å². The number of pyridine rings is 1. The second-order valence-corrected chi connectivity index (χ2v) is 9.30. The largest absolute Gasteiger partial charge is 0.369 e. The molecule has 4 N–H and O–H groups in total. The molecule has 9 heteroatoms. The number of nitrogens with zero attached hydrogens (tertiary/aromatic N) is 3. The highest BCUT2D eigenvalue weighted by Crippen LogP contribution is 2.25. The van der Waals surface area contributed by atoms with Gasteiger partial charge in [-0.25, -0.2) is 9.37 Å². The van der Waals surface area contributed by atoms with E-state index in [-0.39, 0.29) is 23.5 Å². The molecule has 2 aromatic carbocycles. The molecule has 1 aromatic heterocycles. The van der Waals surface area contributed by atoms with Crippen LogP contribution in [-0.4, -0.2) is 54.4 Å². The van der Waals surface area contributed by atoms with Crippen LogP contribution >= 0.6 is 0 Å². The first-order valence-corrected chi connectivity index (χ1v) is 12.7. The van der Waals surface area contributed by atoms with Crippen molar-refractivity contribution in [2.24, 2.45) is 11.7 Å². The normalized spacial score (nSPS) is 14.7. The maximum absolute atomic E-state index is 13.6. The molecule has 2 heterocycles. The predicted molar refractivity (Wildman–Crippen MR) is 144 cm³/mol. The van der Waals surface area contributed by atoms with Gasteiger partial charge in [0, 0.05) is 44.7 Å². The Morgan fingerprint density at radius 1 is 1.16 bits per heavy atom. The second-order valence-electron chi connectivity index (χ2n) is 9.30. The van der Waals surface area contributed by atoms with E-state index in [1.54, 1.807) is 35.2 Å². The van der Waals surface area contributed by atoms with Crippen LogP contribution in [0.25, 0.3) is 11.3 Å². The highest BCUT2D eigenvalue weighted by molar-refractivity contribution is 5.99. The van der Waals surface area contributed by atoms with Crippen molar-refractivity contribution < 1.29 is 14.0 Å². The molecule has 1 fully saturated rings. The molecule has 1 aliphatic rings. The van der Waals surface area contributed by atoms with Gasteiger partial charge in [-0.3, -0.25) is 9.59 Å². The maximum atomic E-state index is 13.6. The smallest absolute Gasteiger partial charge is 0.255 e. The number of carbonyl (C=O) groups is 2. The number of carbonyl (C=O) groups excluding carboxylic acids is 2. The van der Waals surface area contributed by atoms with E-state index >= 15 is 0 Å². The summed E-state index contributed by atoms with van der Waals surface area (Å²) >= 11 is 0. The van der Waals surface area contributed by atoms with Gasteiger partial charge in [-0.2, -0.15) is 5.26 Å². The summed E-state index contributed by atoms with van der Waals surface area (Å²) in [6.45, 7) is 2.46. The van der Waals surface area contributed by atoms with Gasteiger partial charge in [-0.15, -0.1) is 0 Å².